The average molecular weight is 409 g/mol. The number of hydrogen-bond donors (Lipinski definition) is 3. The van der Waals surface area contributed by atoms with Crippen molar-refractivity contribution in [3.8, 4) is 0 Å². The molecule has 0 saturated carbocycles. The molecule has 1 aliphatic heterocycles. The SMILES string of the molecule is CC1=C(C(N)=O)[C@@H](c2ccccc2)N=C(SCC(=O)Nc2cc(C)cc(C)c2)N1. The number of rotatable bonds is 5. The fraction of sp³-hybridized carbons (Fsp3) is 0.227. The van der Waals surface area contributed by atoms with Crippen LogP contribution in [-0.2, 0) is 9.59 Å². The van der Waals surface area contributed by atoms with E-state index in [-0.39, 0.29) is 11.7 Å². The lowest BCUT2D eigenvalue weighted by molar-refractivity contribution is -0.115. The van der Waals surface area contributed by atoms with Crippen molar-refractivity contribution < 1.29 is 9.59 Å². The number of amides is 2. The molecule has 7 heteroatoms. The monoisotopic (exact) mass is 408 g/mol. The van der Waals surface area contributed by atoms with E-state index >= 15 is 0 Å². The van der Waals surface area contributed by atoms with Crippen LogP contribution in [0.5, 0.6) is 0 Å². The standard InChI is InChI=1S/C22H24N4O2S/c1-13-9-14(2)11-17(10-13)25-18(27)12-29-22-24-15(3)19(21(23)28)20(26-22)16-7-5-4-6-8-16/h4-11,20H,12H2,1-3H3,(H2,23,28)(H,24,26)(H,25,27)/t20-/m1/s1. The van der Waals surface area contributed by atoms with Gasteiger partial charge in [0, 0.05) is 11.4 Å². The maximum Gasteiger partial charge on any atom is 0.248 e. The quantitative estimate of drug-likeness (QED) is 0.706. The van der Waals surface area contributed by atoms with Gasteiger partial charge in [-0.05, 0) is 49.6 Å². The summed E-state index contributed by atoms with van der Waals surface area (Å²) < 4.78 is 0. The third-order valence-electron chi connectivity index (χ3n) is 4.44. The summed E-state index contributed by atoms with van der Waals surface area (Å²) in [4.78, 5) is 29.0. The number of carbonyl (C=O) groups excluding carboxylic acids is 2. The zero-order chi connectivity index (χ0) is 21.0. The van der Waals surface area contributed by atoms with E-state index in [1.54, 1.807) is 6.92 Å². The molecule has 2 amide bonds. The van der Waals surface area contributed by atoms with E-state index in [0.717, 1.165) is 22.4 Å². The minimum atomic E-state index is -0.510. The van der Waals surface area contributed by atoms with Crippen LogP contribution in [-0.4, -0.2) is 22.7 Å². The van der Waals surface area contributed by atoms with Crippen LogP contribution in [0.3, 0.4) is 0 Å². The highest BCUT2D eigenvalue weighted by Gasteiger charge is 2.28. The fourth-order valence-corrected chi connectivity index (χ4v) is 4.04. The molecule has 0 bridgehead atoms. The number of allylic oxidation sites excluding steroid dienone is 1. The van der Waals surface area contributed by atoms with Gasteiger partial charge >= 0.3 is 0 Å². The Bertz CT molecular complexity index is 979. The number of nitrogens with two attached hydrogens (primary N) is 1. The Morgan fingerprint density at radius 1 is 1.10 bits per heavy atom. The van der Waals surface area contributed by atoms with Crippen molar-refractivity contribution in [1.82, 2.24) is 5.32 Å². The van der Waals surface area contributed by atoms with Gasteiger partial charge in [0.2, 0.25) is 11.8 Å². The second-order valence-corrected chi connectivity index (χ2v) is 7.95. The molecule has 4 N–H and O–H groups in total. The highest BCUT2D eigenvalue weighted by Crippen LogP contribution is 2.31. The Morgan fingerprint density at radius 3 is 2.38 bits per heavy atom. The Labute approximate surface area is 174 Å². The lowest BCUT2D eigenvalue weighted by atomic mass is 9.96. The zero-order valence-corrected chi connectivity index (χ0v) is 17.5. The molecule has 29 heavy (non-hydrogen) atoms. The van der Waals surface area contributed by atoms with E-state index < -0.39 is 11.9 Å². The average Bonchev–Trinajstić information content (AvgIpc) is 2.65. The Kier molecular flexibility index (Phi) is 6.39. The number of hydrogen-bond acceptors (Lipinski definition) is 5. The topological polar surface area (TPSA) is 96.6 Å². The van der Waals surface area contributed by atoms with Gasteiger partial charge in [-0.25, -0.2) is 4.99 Å². The molecule has 1 atom stereocenters. The number of carbonyl (C=O) groups is 2. The smallest absolute Gasteiger partial charge is 0.248 e. The number of thioether (sulfide) groups is 1. The van der Waals surface area contributed by atoms with Crippen molar-refractivity contribution in [2.24, 2.45) is 10.7 Å². The van der Waals surface area contributed by atoms with Crippen LogP contribution in [0.15, 0.2) is 64.8 Å². The zero-order valence-electron chi connectivity index (χ0n) is 16.7. The third kappa shape index (κ3) is 5.26. The summed E-state index contributed by atoms with van der Waals surface area (Å²) in [7, 11) is 0. The molecule has 0 saturated heterocycles. The lowest BCUT2D eigenvalue weighted by Gasteiger charge is -2.25. The van der Waals surface area contributed by atoms with Crippen LogP contribution in [0, 0.1) is 13.8 Å². The normalized spacial score (nSPS) is 16.1. The summed E-state index contributed by atoms with van der Waals surface area (Å²) in [6, 6.07) is 14.9. The van der Waals surface area contributed by atoms with Gasteiger partial charge in [-0.1, -0.05) is 48.2 Å². The van der Waals surface area contributed by atoms with Crippen molar-refractivity contribution in [2.45, 2.75) is 26.8 Å². The second kappa shape index (κ2) is 8.96. The summed E-state index contributed by atoms with van der Waals surface area (Å²) in [5.41, 5.74) is 10.5. The molecule has 0 fully saturated rings. The molecule has 0 radical (unpaired) electrons. The molecular formula is C22H24N4O2S. The first kappa shape index (κ1) is 20.7. The summed E-state index contributed by atoms with van der Waals surface area (Å²) in [5.74, 6) is -0.438. The summed E-state index contributed by atoms with van der Waals surface area (Å²) >= 11 is 1.29. The minimum Gasteiger partial charge on any atom is -0.366 e. The highest BCUT2D eigenvalue weighted by molar-refractivity contribution is 8.14. The fourth-order valence-electron chi connectivity index (χ4n) is 3.29. The number of aliphatic imine (C=N–C) groups is 1. The van der Waals surface area contributed by atoms with E-state index in [1.165, 1.54) is 11.8 Å². The van der Waals surface area contributed by atoms with E-state index in [9.17, 15) is 9.59 Å². The van der Waals surface area contributed by atoms with E-state index in [0.29, 0.717) is 16.4 Å². The van der Waals surface area contributed by atoms with Gasteiger partial charge in [0.1, 0.15) is 6.04 Å². The van der Waals surface area contributed by atoms with E-state index in [4.69, 9.17) is 5.73 Å². The summed E-state index contributed by atoms with van der Waals surface area (Å²) in [5, 5.41) is 6.59. The molecule has 0 spiro atoms. The van der Waals surface area contributed by atoms with E-state index in [2.05, 4.69) is 21.7 Å². The molecule has 1 aliphatic rings. The molecule has 6 nitrogen and oxygen atoms in total. The van der Waals surface area contributed by atoms with E-state index in [1.807, 2.05) is 56.3 Å². The van der Waals surface area contributed by atoms with Crippen LogP contribution in [0.4, 0.5) is 5.69 Å². The molecule has 0 unspecified atom stereocenters. The van der Waals surface area contributed by atoms with Crippen molar-refractivity contribution in [3.05, 3.63) is 76.5 Å². The second-order valence-electron chi connectivity index (χ2n) is 6.99. The first-order valence-electron chi connectivity index (χ1n) is 9.25. The van der Waals surface area contributed by atoms with Gasteiger partial charge in [-0.15, -0.1) is 0 Å². The van der Waals surface area contributed by atoms with Crippen LogP contribution < -0.4 is 16.4 Å². The van der Waals surface area contributed by atoms with Gasteiger partial charge in [0.25, 0.3) is 0 Å². The number of nitrogens with one attached hydrogen (secondary N) is 2. The Balaban J connectivity index is 1.72. The number of aryl methyl sites for hydroxylation is 2. The molecular weight excluding hydrogens is 384 g/mol. The molecule has 2 aromatic rings. The molecule has 0 aliphatic carbocycles. The van der Waals surface area contributed by atoms with Crippen molar-refractivity contribution in [1.29, 1.82) is 0 Å². The van der Waals surface area contributed by atoms with Crippen LogP contribution in [0.25, 0.3) is 0 Å². The van der Waals surface area contributed by atoms with Gasteiger partial charge in [0.05, 0.1) is 11.3 Å². The highest BCUT2D eigenvalue weighted by atomic mass is 32.2. The number of amidine groups is 1. The van der Waals surface area contributed by atoms with Crippen LogP contribution in [0.1, 0.15) is 29.7 Å². The molecule has 3 rings (SSSR count). The molecule has 0 aromatic heterocycles. The molecule has 150 valence electrons. The Morgan fingerprint density at radius 2 is 1.76 bits per heavy atom. The predicted octanol–water partition coefficient (Wildman–Crippen LogP) is 3.43. The van der Waals surface area contributed by atoms with Gasteiger partial charge in [0.15, 0.2) is 5.17 Å². The number of nitrogens with zero attached hydrogens (tertiary/aromatic N) is 1. The number of primary amides is 1. The number of benzene rings is 2. The first-order valence-corrected chi connectivity index (χ1v) is 10.2. The van der Waals surface area contributed by atoms with Crippen LogP contribution >= 0.6 is 11.8 Å². The van der Waals surface area contributed by atoms with Crippen LogP contribution in [0.2, 0.25) is 0 Å². The number of anilines is 1. The van der Waals surface area contributed by atoms with Crippen molar-refractivity contribution in [2.75, 3.05) is 11.1 Å². The predicted molar refractivity (Wildman–Crippen MR) is 119 cm³/mol. The lowest BCUT2D eigenvalue weighted by Crippen LogP contribution is -2.33. The Hall–Kier alpha value is -3.06. The summed E-state index contributed by atoms with van der Waals surface area (Å²) in [6.45, 7) is 5.78. The minimum absolute atomic E-state index is 0.122. The molecule has 2 aromatic carbocycles. The third-order valence-corrected chi connectivity index (χ3v) is 5.33. The molecule has 1 heterocycles. The summed E-state index contributed by atoms with van der Waals surface area (Å²) in [6.07, 6.45) is 0. The van der Waals surface area contributed by atoms with Crippen molar-refractivity contribution in [3.63, 3.8) is 0 Å². The van der Waals surface area contributed by atoms with Crippen molar-refractivity contribution >= 4 is 34.4 Å². The van der Waals surface area contributed by atoms with Gasteiger partial charge in [-0.2, -0.15) is 0 Å². The van der Waals surface area contributed by atoms with Gasteiger partial charge in [-0.3, -0.25) is 9.59 Å². The largest absolute Gasteiger partial charge is 0.366 e. The maximum absolute atomic E-state index is 12.4. The van der Waals surface area contributed by atoms with Gasteiger partial charge < -0.3 is 16.4 Å². The first-order chi connectivity index (χ1) is 13.8. The maximum atomic E-state index is 12.4.